The van der Waals surface area contributed by atoms with Gasteiger partial charge in [0.25, 0.3) is 5.91 Å². The van der Waals surface area contributed by atoms with Gasteiger partial charge in [0.05, 0.1) is 0 Å². The molecule has 1 aromatic rings. The van der Waals surface area contributed by atoms with E-state index in [2.05, 4.69) is 39.9 Å². The van der Waals surface area contributed by atoms with Gasteiger partial charge in [0.2, 0.25) is 0 Å². The zero-order valence-corrected chi connectivity index (χ0v) is 15.1. The molecule has 0 spiro atoms. The van der Waals surface area contributed by atoms with E-state index in [4.69, 9.17) is 4.74 Å². The zero-order chi connectivity index (χ0) is 17.0. The quantitative estimate of drug-likeness (QED) is 0.841. The van der Waals surface area contributed by atoms with Crippen molar-refractivity contribution in [1.82, 2.24) is 5.32 Å². The molecule has 0 heterocycles. The van der Waals surface area contributed by atoms with E-state index >= 15 is 0 Å². The van der Waals surface area contributed by atoms with Crippen LogP contribution >= 0.6 is 0 Å². The maximum absolute atomic E-state index is 12.6. The van der Waals surface area contributed by atoms with Gasteiger partial charge in [-0.15, -0.1) is 0 Å². The van der Waals surface area contributed by atoms with Gasteiger partial charge < -0.3 is 10.1 Å². The predicted molar refractivity (Wildman–Crippen MR) is 92.2 cm³/mol. The summed E-state index contributed by atoms with van der Waals surface area (Å²) in [5.41, 5.74) is 0.954. The molecule has 124 valence electrons. The average molecular weight is 305 g/mol. The third-order valence-corrected chi connectivity index (χ3v) is 3.46. The highest BCUT2D eigenvalue weighted by molar-refractivity contribution is 5.81. The largest absolute Gasteiger partial charge is 0.480 e. The smallest absolute Gasteiger partial charge is 0.261 e. The van der Waals surface area contributed by atoms with Gasteiger partial charge >= 0.3 is 0 Å². The molecule has 0 bridgehead atoms. The molecule has 1 rings (SSSR count). The monoisotopic (exact) mass is 305 g/mol. The Balaban J connectivity index is 2.75. The average Bonchev–Trinajstić information content (AvgIpc) is 2.33. The number of hydrogen-bond donors (Lipinski definition) is 1. The molecule has 0 aliphatic carbocycles. The second kappa shape index (κ2) is 7.17. The number of carbonyl (C=O) groups is 1. The SMILES string of the molecule is CCC(Oc1ccccc1C)C(=O)NC(C)(C)CC(C)(C)C. The Kier molecular flexibility index (Phi) is 6.04. The van der Waals surface area contributed by atoms with Crippen molar-refractivity contribution >= 4 is 5.91 Å². The molecule has 0 aliphatic heterocycles. The Bertz CT molecular complexity index is 500. The van der Waals surface area contributed by atoms with E-state index in [1.54, 1.807) is 0 Å². The number of aryl methyl sites for hydroxylation is 1. The first-order chi connectivity index (χ1) is 10.0. The molecule has 1 unspecified atom stereocenters. The maximum atomic E-state index is 12.6. The first kappa shape index (κ1) is 18.5. The fourth-order valence-corrected chi connectivity index (χ4v) is 2.95. The Labute approximate surface area is 135 Å². The third-order valence-electron chi connectivity index (χ3n) is 3.46. The number of hydrogen-bond acceptors (Lipinski definition) is 2. The second-order valence-corrected chi connectivity index (χ2v) is 7.89. The van der Waals surface area contributed by atoms with E-state index < -0.39 is 6.10 Å². The van der Waals surface area contributed by atoms with E-state index in [-0.39, 0.29) is 16.9 Å². The number of amides is 1. The Morgan fingerprint density at radius 1 is 1.18 bits per heavy atom. The van der Waals surface area contributed by atoms with Crippen molar-refractivity contribution in [2.45, 2.75) is 73.0 Å². The lowest BCUT2D eigenvalue weighted by Gasteiger charge is -2.34. The number of para-hydroxylation sites is 1. The van der Waals surface area contributed by atoms with Gasteiger partial charge in [-0.25, -0.2) is 0 Å². The van der Waals surface area contributed by atoms with Crippen LogP contribution in [0.1, 0.15) is 59.9 Å². The highest BCUT2D eigenvalue weighted by Gasteiger charge is 2.30. The van der Waals surface area contributed by atoms with Crippen molar-refractivity contribution in [3.05, 3.63) is 29.8 Å². The van der Waals surface area contributed by atoms with Crippen LogP contribution in [0.15, 0.2) is 24.3 Å². The van der Waals surface area contributed by atoms with Crippen LogP contribution < -0.4 is 10.1 Å². The van der Waals surface area contributed by atoms with Crippen molar-refractivity contribution < 1.29 is 9.53 Å². The molecule has 0 saturated carbocycles. The van der Waals surface area contributed by atoms with Crippen LogP contribution in [-0.4, -0.2) is 17.6 Å². The molecule has 1 atom stereocenters. The summed E-state index contributed by atoms with van der Waals surface area (Å²) in [7, 11) is 0. The van der Waals surface area contributed by atoms with Gasteiger partial charge in [-0.1, -0.05) is 45.9 Å². The van der Waals surface area contributed by atoms with Crippen LogP contribution in [-0.2, 0) is 4.79 Å². The van der Waals surface area contributed by atoms with Crippen LogP contribution in [0.3, 0.4) is 0 Å². The van der Waals surface area contributed by atoms with Gasteiger partial charge in [0, 0.05) is 5.54 Å². The van der Waals surface area contributed by atoms with E-state index in [0.717, 1.165) is 17.7 Å². The summed E-state index contributed by atoms with van der Waals surface area (Å²) in [6.45, 7) is 14.6. The molecule has 22 heavy (non-hydrogen) atoms. The zero-order valence-electron chi connectivity index (χ0n) is 15.1. The van der Waals surface area contributed by atoms with Crippen molar-refractivity contribution in [3.8, 4) is 5.75 Å². The Morgan fingerprint density at radius 2 is 1.77 bits per heavy atom. The number of ether oxygens (including phenoxy) is 1. The summed E-state index contributed by atoms with van der Waals surface area (Å²) in [4.78, 5) is 12.6. The molecule has 1 N–H and O–H groups in total. The first-order valence-electron chi connectivity index (χ1n) is 8.08. The molecule has 0 saturated heterocycles. The van der Waals surface area contributed by atoms with Gasteiger partial charge in [0.1, 0.15) is 5.75 Å². The van der Waals surface area contributed by atoms with Crippen molar-refractivity contribution in [2.24, 2.45) is 5.41 Å². The maximum Gasteiger partial charge on any atom is 0.261 e. The summed E-state index contributed by atoms with van der Waals surface area (Å²) < 4.78 is 5.92. The topological polar surface area (TPSA) is 38.3 Å². The molecule has 1 amide bonds. The van der Waals surface area contributed by atoms with Crippen LogP contribution in [0.5, 0.6) is 5.75 Å². The standard InChI is InChI=1S/C19H31NO2/c1-8-15(22-16-12-10-9-11-14(16)2)17(21)20-19(6,7)13-18(3,4)5/h9-12,15H,8,13H2,1-7H3,(H,20,21). The van der Waals surface area contributed by atoms with Gasteiger partial charge in [-0.2, -0.15) is 0 Å². The fourth-order valence-electron chi connectivity index (χ4n) is 2.95. The number of nitrogens with one attached hydrogen (secondary N) is 1. The predicted octanol–water partition coefficient (Wildman–Crippen LogP) is 4.48. The van der Waals surface area contributed by atoms with E-state index in [1.165, 1.54) is 0 Å². The first-order valence-corrected chi connectivity index (χ1v) is 8.08. The molecule has 3 nitrogen and oxygen atoms in total. The highest BCUT2D eigenvalue weighted by Crippen LogP contribution is 2.27. The van der Waals surface area contributed by atoms with Crippen LogP contribution in [0.4, 0.5) is 0 Å². The third kappa shape index (κ3) is 6.08. The number of rotatable bonds is 6. The minimum Gasteiger partial charge on any atom is -0.480 e. The Hall–Kier alpha value is -1.51. The van der Waals surface area contributed by atoms with Crippen LogP contribution in [0.2, 0.25) is 0 Å². The molecule has 3 heteroatoms. The molecule has 0 radical (unpaired) electrons. The van der Waals surface area contributed by atoms with E-state index in [1.807, 2.05) is 38.1 Å². The normalized spacial score (nSPS) is 13.6. The number of benzene rings is 1. The molecule has 0 aliphatic rings. The minimum atomic E-state index is -0.458. The molecule has 0 aromatic heterocycles. The lowest BCUT2D eigenvalue weighted by atomic mass is 9.81. The summed E-state index contributed by atoms with van der Waals surface area (Å²) in [5.74, 6) is 0.734. The minimum absolute atomic E-state index is 0.0417. The second-order valence-electron chi connectivity index (χ2n) is 7.89. The number of carbonyl (C=O) groups excluding carboxylic acids is 1. The van der Waals surface area contributed by atoms with Gasteiger partial charge in [0.15, 0.2) is 6.10 Å². The fraction of sp³-hybridized carbons (Fsp3) is 0.632. The summed E-state index contributed by atoms with van der Waals surface area (Å²) in [6.07, 6.45) is 1.10. The van der Waals surface area contributed by atoms with Gasteiger partial charge in [-0.3, -0.25) is 4.79 Å². The van der Waals surface area contributed by atoms with Crippen LogP contribution in [0.25, 0.3) is 0 Å². The van der Waals surface area contributed by atoms with Gasteiger partial charge in [-0.05, 0) is 50.7 Å². The Morgan fingerprint density at radius 3 is 2.27 bits per heavy atom. The van der Waals surface area contributed by atoms with Crippen molar-refractivity contribution in [2.75, 3.05) is 0 Å². The van der Waals surface area contributed by atoms with Crippen LogP contribution in [0, 0.1) is 12.3 Å². The summed E-state index contributed by atoms with van der Waals surface area (Å²) >= 11 is 0. The highest BCUT2D eigenvalue weighted by atomic mass is 16.5. The molecule has 0 fully saturated rings. The molecular weight excluding hydrogens is 274 g/mol. The van der Waals surface area contributed by atoms with E-state index in [9.17, 15) is 4.79 Å². The summed E-state index contributed by atoms with van der Waals surface area (Å²) in [5, 5.41) is 3.14. The van der Waals surface area contributed by atoms with Crippen molar-refractivity contribution in [1.29, 1.82) is 0 Å². The lowest BCUT2D eigenvalue weighted by Crippen LogP contribution is -2.50. The molecular formula is C19H31NO2. The van der Waals surface area contributed by atoms with Crippen molar-refractivity contribution in [3.63, 3.8) is 0 Å². The van der Waals surface area contributed by atoms with E-state index in [0.29, 0.717) is 6.42 Å². The lowest BCUT2D eigenvalue weighted by molar-refractivity contribution is -0.130. The molecule has 1 aromatic carbocycles. The summed E-state index contributed by atoms with van der Waals surface area (Å²) in [6, 6.07) is 7.79.